The number of nitrogens with two attached hydrogens (primary N) is 1. The lowest BCUT2D eigenvalue weighted by atomic mass is 10.2. The molecule has 0 radical (unpaired) electrons. The summed E-state index contributed by atoms with van der Waals surface area (Å²) in [7, 11) is 1.68. The molecule has 0 heterocycles. The van der Waals surface area contributed by atoms with Gasteiger partial charge in [0.25, 0.3) is 0 Å². The van der Waals surface area contributed by atoms with E-state index < -0.39 is 0 Å². The molecule has 0 aliphatic carbocycles. The van der Waals surface area contributed by atoms with Crippen LogP contribution in [0.1, 0.15) is 5.56 Å². The minimum atomic E-state index is -0.230. The molecule has 0 unspecified atom stereocenters. The average molecular weight is 268 g/mol. The number of amidine groups is 1. The number of rotatable bonds is 3. The lowest BCUT2D eigenvalue weighted by molar-refractivity contribution is 0.258. The molecule has 0 aliphatic heterocycles. The third-order valence-corrected chi connectivity index (χ3v) is 2.90. The topological polar surface area (TPSA) is 82.2 Å². The van der Waals surface area contributed by atoms with Crippen molar-refractivity contribution in [1.29, 1.82) is 5.41 Å². The van der Waals surface area contributed by atoms with E-state index in [4.69, 9.17) is 11.1 Å². The molecule has 2 aromatic carbocycles. The Kier molecular flexibility index (Phi) is 4.00. The zero-order valence-electron chi connectivity index (χ0n) is 11.1. The number of carbonyl (C=O) groups excluding carboxylic acids is 1. The van der Waals surface area contributed by atoms with Gasteiger partial charge in [-0.15, -0.1) is 0 Å². The molecule has 102 valence electrons. The highest BCUT2D eigenvalue weighted by Gasteiger charge is 2.10. The highest BCUT2D eigenvalue weighted by Crippen LogP contribution is 2.15. The Bertz CT molecular complexity index is 608. The summed E-state index contributed by atoms with van der Waals surface area (Å²) >= 11 is 0. The van der Waals surface area contributed by atoms with E-state index in [0.717, 1.165) is 11.4 Å². The van der Waals surface area contributed by atoms with Gasteiger partial charge in [0.2, 0.25) is 0 Å². The van der Waals surface area contributed by atoms with E-state index in [0.29, 0.717) is 5.56 Å². The number of para-hydroxylation sites is 1. The van der Waals surface area contributed by atoms with Crippen LogP contribution in [0.4, 0.5) is 16.2 Å². The van der Waals surface area contributed by atoms with Gasteiger partial charge in [-0.3, -0.25) is 10.3 Å². The predicted octanol–water partition coefficient (Wildman–Crippen LogP) is 2.64. The Hall–Kier alpha value is -2.82. The van der Waals surface area contributed by atoms with Crippen molar-refractivity contribution in [2.45, 2.75) is 0 Å². The number of anilines is 2. The normalized spacial score (nSPS) is 9.85. The largest absolute Gasteiger partial charge is 0.384 e. The minimum Gasteiger partial charge on any atom is -0.384 e. The van der Waals surface area contributed by atoms with Crippen LogP contribution < -0.4 is 16.0 Å². The van der Waals surface area contributed by atoms with Crippen molar-refractivity contribution in [2.75, 3.05) is 17.3 Å². The molecular formula is C15H16N4O. The molecule has 4 N–H and O–H groups in total. The van der Waals surface area contributed by atoms with Crippen molar-refractivity contribution < 1.29 is 4.79 Å². The molecule has 5 heteroatoms. The highest BCUT2D eigenvalue weighted by molar-refractivity contribution is 6.02. The summed E-state index contributed by atoms with van der Waals surface area (Å²) in [4.78, 5) is 13.6. The summed E-state index contributed by atoms with van der Waals surface area (Å²) in [5.74, 6) is 0.00735. The number of benzene rings is 2. The number of hydrogen-bond acceptors (Lipinski definition) is 2. The summed E-state index contributed by atoms with van der Waals surface area (Å²) in [5.41, 5.74) is 7.49. The minimum absolute atomic E-state index is 0.00735. The van der Waals surface area contributed by atoms with Crippen molar-refractivity contribution in [2.24, 2.45) is 5.73 Å². The average Bonchev–Trinajstić information content (AvgIpc) is 2.47. The first-order chi connectivity index (χ1) is 9.58. The van der Waals surface area contributed by atoms with E-state index in [1.54, 1.807) is 31.3 Å². The van der Waals surface area contributed by atoms with Gasteiger partial charge >= 0.3 is 6.03 Å². The number of nitrogens with one attached hydrogen (secondary N) is 2. The molecule has 20 heavy (non-hydrogen) atoms. The maximum Gasteiger partial charge on any atom is 0.326 e. The van der Waals surface area contributed by atoms with Crippen LogP contribution in [0.2, 0.25) is 0 Å². The van der Waals surface area contributed by atoms with Gasteiger partial charge in [0.15, 0.2) is 0 Å². The molecule has 0 bridgehead atoms. The van der Waals surface area contributed by atoms with Crippen molar-refractivity contribution in [3.63, 3.8) is 0 Å². The number of carbonyl (C=O) groups is 1. The maximum atomic E-state index is 12.1. The zero-order valence-corrected chi connectivity index (χ0v) is 11.1. The Morgan fingerprint density at radius 3 is 2.25 bits per heavy atom. The Balaban J connectivity index is 2.08. The molecule has 5 nitrogen and oxygen atoms in total. The summed E-state index contributed by atoms with van der Waals surface area (Å²) in [6.45, 7) is 0. The first-order valence-corrected chi connectivity index (χ1v) is 6.12. The Morgan fingerprint density at radius 1 is 1.10 bits per heavy atom. The summed E-state index contributed by atoms with van der Waals surface area (Å²) in [5, 5.41) is 10.1. The Labute approximate surface area is 117 Å². The van der Waals surface area contributed by atoms with Crippen LogP contribution in [0.15, 0.2) is 54.6 Å². The molecule has 2 amide bonds. The molecule has 0 fully saturated rings. The third-order valence-electron chi connectivity index (χ3n) is 2.90. The smallest absolute Gasteiger partial charge is 0.326 e. The fraction of sp³-hybridized carbons (Fsp3) is 0.0667. The SMILES string of the molecule is CN(C(=O)Nc1ccccc1)c1ccc(C(=N)N)cc1. The highest BCUT2D eigenvalue weighted by atomic mass is 16.2. The predicted molar refractivity (Wildman–Crippen MR) is 81.3 cm³/mol. The van der Waals surface area contributed by atoms with E-state index >= 15 is 0 Å². The van der Waals surface area contributed by atoms with Crippen LogP contribution in [0.3, 0.4) is 0 Å². The van der Waals surface area contributed by atoms with Gasteiger partial charge in [0.05, 0.1) is 0 Å². The van der Waals surface area contributed by atoms with Crippen LogP contribution in [-0.4, -0.2) is 18.9 Å². The number of nitrogens with zero attached hydrogens (tertiary/aromatic N) is 1. The van der Waals surface area contributed by atoms with Crippen LogP contribution in [0.25, 0.3) is 0 Å². The zero-order chi connectivity index (χ0) is 14.5. The number of urea groups is 1. The molecule has 2 aromatic rings. The molecular weight excluding hydrogens is 252 g/mol. The van der Waals surface area contributed by atoms with Gasteiger partial charge in [-0.25, -0.2) is 4.79 Å². The molecule has 0 saturated carbocycles. The molecule has 0 saturated heterocycles. The van der Waals surface area contributed by atoms with Gasteiger partial charge in [0, 0.05) is 24.0 Å². The quantitative estimate of drug-likeness (QED) is 0.590. The van der Waals surface area contributed by atoms with Gasteiger partial charge in [-0.2, -0.15) is 0 Å². The number of hydrogen-bond donors (Lipinski definition) is 3. The second-order valence-electron chi connectivity index (χ2n) is 4.32. The van der Waals surface area contributed by atoms with Crippen LogP contribution >= 0.6 is 0 Å². The van der Waals surface area contributed by atoms with Gasteiger partial charge in [0.1, 0.15) is 5.84 Å². The monoisotopic (exact) mass is 268 g/mol. The summed E-state index contributed by atoms with van der Waals surface area (Å²) < 4.78 is 0. The Morgan fingerprint density at radius 2 is 1.70 bits per heavy atom. The molecule has 0 aliphatic rings. The van der Waals surface area contributed by atoms with E-state index in [1.807, 2.05) is 30.3 Å². The van der Waals surface area contributed by atoms with Crippen molar-refractivity contribution >= 4 is 23.2 Å². The second-order valence-corrected chi connectivity index (χ2v) is 4.32. The fourth-order valence-electron chi connectivity index (χ4n) is 1.71. The first kappa shape index (κ1) is 13.6. The van der Waals surface area contributed by atoms with Gasteiger partial charge < -0.3 is 11.1 Å². The van der Waals surface area contributed by atoms with Crippen molar-refractivity contribution in [3.05, 3.63) is 60.2 Å². The van der Waals surface area contributed by atoms with E-state index in [1.165, 1.54) is 4.90 Å². The van der Waals surface area contributed by atoms with E-state index in [9.17, 15) is 4.79 Å². The van der Waals surface area contributed by atoms with E-state index in [-0.39, 0.29) is 11.9 Å². The molecule has 0 atom stereocenters. The van der Waals surface area contributed by atoms with Crippen LogP contribution in [-0.2, 0) is 0 Å². The number of nitrogen functional groups attached to an aromatic ring is 1. The van der Waals surface area contributed by atoms with Gasteiger partial charge in [-0.1, -0.05) is 18.2 Å². The van der Waals surface area contributed by atoms with Crippen LogP contribution in [0.5, 0.6) is 0 Å². The van der Waals surface area contributed by atoms with Crippen molar-refractivity contribution in [3.8, 4) is 0 Å². The maximum absolute atomic E-state index is 12.1. The first-order valence-electron chi connectivity index (χ1n) is 6.12. The summed E-state index contributed by atoms with van der Waals surface area (Å²) in [6, 6.07) is 16.0. The van der Waals surface area contributed by atoms with Crippen molar-refractivity contribution in [1.82, 2.24) is 0 Å². The number of amides is 2. The van der Waals surface area contributed by atoms with Gasteiger partial charge in [-0.05, 0) is 36.4 Å². The lowest BCUT2D eigenvalue weighted by Gasteiger charge is -2.18. The van der Waals surface area contributed by atoms with E-state index in [2.05, 4.69) is 5.32 Å². The van der Waals surface area contributed by atoms with Crippen LogP contribution in [0, 0.1) is 5.41 Å². The molecule has 0 aromatic heterocycles. The summed E-state index contributed by atoms with van der Waals surface area (Å²) in [6.07, 6.45) is 0. The molecule has 2 rings (SSSR count). The fourth-order valence-corrected chi connectivity index (χ4v) is 1.71. The third kappa shape index (κ3) is 3.14. The second kappa shape index (κ2) is 5.88. The standard InChI is InChI=1S/C15H16N4O/c1-19(13-9-7-11(8-10-13)14(16)17)15(20)18-12-5-3-2-4-6-12/h2-10H,1H3,(H3,16,17)(H,18,20). The lowest BCUT2D eigenvalue weighted by Crippen LogP contribution is -2.31. The molecule has 0 spiro atoms.